The van der Waals surface area contributed by atoms with E-state index in [2.05, 4.69) is 39.2 Å². The van der Waals surface area contributed by atoms with Crippen LogP contribution in [0.3, 0.4) is 0 Å². The second-order valence-electron chi connectivity index (χ2n) is 10.4. The number of nitrogens with zero attached hydrogens (tertiary/aromatic N) is 3. The van der Waals surface area contributed by atoms with Gasteiger partial charge in [0.25, 0.3) is 0 Å². The fraction of sp³-hybridized carbons (Fsp3) is 0.423. The number of piperidine rings is 1. The number of H-pyrrole nitrogens is 1. The van der Waals surface area contributed by atoms with Crippen LogP contribution in [0.5, 0.6) is 5.75 Å². The molecule has 34 heavy (non-hydrogen) atoms. The van der Waals surface area contributed by atoms with Crippen molar-refractivity contribution in [2.24, 2.45) is 0 Å². The van der Waals surface area contributed by atoms with Crippen molar-refractivity contribution in [2.45, 2.75) is 63.1 Å². The van der Waals surface area contributed by atoms with Crippen LogP contribution in [0.15, 0.2) is 47.4 Å². The van der Waals surface area contributed by atoms with Crippen LogP contribution in [0, 0.1) is 5.82 Å². The van der Waals surface area contributed by atoms with Gasteiger partial charge < -0.3 is 20.3 Å². The summed E-state index contributed by atoms with van der Waals surface area (Å²) in [6, 6.07) is 9.79. The third-order valence-corrected chi connectivity index (χ3v) is 7.44. The number of aromatic hydroxyl groups is 1. The number of phenols is 1. The van der Waals surface area contributed by atoms with Crippen molar-refractivity contribution in [2.75, 3.05) is 11.9 Å². The zero-order chi connectivity index (χ0) is 24.1. The Morgan fingerprint density at radius 3 is 2.50 bits per heavy atom. The first-order valence-electron chi connectivity index (χ1n) is 11.7. The lowest BCUT2D eigenvalue weighted by atomic mass is 9.84. The van der Waals surface area contributed by atoms with Gasteiger partial charge in [-0.25, -0.2) is 4.39 Å². The maximum absolute atomic E-state index is 14.8. The van der Waals surface area contributed by atoms with Crippen LogP contribution in [0.2, 0.25) is 0 Å². The fourth-order valence-electron chi connectivity index (χ4n) is 5.71. The number of pyridine rings is 1. The largest absolute Gasteiger partial charge is 0.507 e. The maximum Gasteiger partial charge on any atom is 0.248 e. The molecule has 0 unspecified atom stereocenters. The SMILES string of the molecule is CN(c1ccc(-c2cc(F)c(Cc3cc[nH]c(=O)c3)cc2O)nn1)[C@@H]1C[C@]2(C)CC[C@](C)(C1)N2. The van der Waals surface area contributed by atoms with Crippen molar-refractivity contribution < 1.29 is 9.50 Å². The third-order valence-electron chi connectivity index (χ3n) is 7.44. The summed E-state index contributed by atoms with van der Waals surface area (Å²) in [7, 11) is 2.05. The lowest BCUT2D eigenvalue weighted by Crippen LogP contribution is -2.58. The summed E-state index contributed by atoms with van der Waals surface area (Å²) in [5.74, 6) is 0.211. The molecule has 2 aliphatic heterocycles. The molecule has 4 heterocycles. The monoisotopic (exact) mass is 463 g/mol. The number of hydrogen-bond donors (Lipinski definition) is 3. The molecular weight excluding hydrogens is 433 g/mol. The Labute approximate surface area is 198 Å². The summed E-state index contributed by atoms with van der Waals surface area (Å²) in [4.78, 5) is 16.2. The Morgan fingerprint density at radius 1 is 1.12 bits per heavy atom. The van der Waals surface area contributed by atoms with E-state index in [9.17, 15) is 14.3 Å². The van der Waals surface area contributed by atoms with Gasteiger partial charge in [-0.15, -0.1) is 10.2 Å². The summed E-state index contributed by atoms with van der Waals surface area (Å²) in [5, 5.41) is 23.1. The number of aromatic amines is 1. The summed E-state index contributed by atoms with van der Waals surface area (Å²) in [6.07, 6.45) is 6.17. The van der Waals surface area contributed by atoms with E-state index < -0.39 is 5.82 Å². The zero-order valence-corrected chi connectivity index (χ0v) is 19.7. The molecule has 0 radical (unpaired) electrons. The molecule has 2 fully saturated rings. The van der Waals surface area contributed by atoms with Gasteiger partial charge in [-0.05, 0) is 81.0 Å². The quantitative estimate of drug-likeness (QED) is 0.533. The first-order valence-corrected chi connectivity index (χ1v) is 11.7. The molecule has 8 heteroatoms. The second-order valence-corrected chi connectivity index (χ2v) is 10.4. The molecule has 2 aliphatic rings. The third kappa shape index (κ3) is 4.30. The molecule has 3 aromatic rings. The molecule has 3 atom stereocenters. The van der Waals surface area contributed by atoms with Crippen LogP contribution in [0.4, 0.5) is 10.2 Å². The van der Waals surface area contributed by atoms with E-state index in [0.29, 0.717) is 22.9 Å². The minimum absolute atomic E-state index is 0.0765. The summed E-state index contributed by atoms with van der Waals surface area (Å²) < 4.78 is 14.8. The molecule has 1 aromatic carbocycles. The van der Waals surface area contributed by atoms with Gasteiger partial charge in [0.2, 0.25) is 5.56 Å². The second kappa shape index (κ2) is 8.20. The summed E-state index contributed by atoms with van der Waals surface area (Å²) >= 11 is 0. The van der Waals surface area contributed by atoms with Gasteiger partial charge in [0, 0.05) is 48.4 Å². The Balaban J connectivity index is 1.35. The number of halogens is 1. The van der Waals surface area contributed by atoms with Gasteiger partial charge >= 0.3 is 0 Å². The van der Waals surface area contributed by atoms with Crippen molar-refractivity contribution in [3.05, 3.63) is 69.9 Å². The van der Waals surface area contributed by atoms with Gasteiger partial charge in [0.1, 0.15) is 11.6 Å². The molecule has 7 nitrogen and oxygen atoms in total. The Kier molecular flexibility index (Phi) is 5.43. The smallest absolute Gasteiger partial charge is 0.248 e. The minimum Gasteiger partial charge on any atom is -0.507 e. The van der Waals surface area contributed by atoms with Crippen LogP contribution in [0.1, 0.15) is 50.7 Å². The molecule has 0 saturated carbocycles. The van der Waals surface area contributed by atoms with E-state index in [0.717, 1.165) is 18.7 Å². The molecule has 2 aromatic heterocycles. The molecule has 178 valence electrons. The average molecular weight is 464 g/mol. The molecule has 2 bridgehead atoms. The Morgan fingerprint density at radius 2 is 1.85 bits per heavy atom. The first-order chi connectivity index (χ1) is 16.1. The highest BCUT2D eigenvalue weighted by molar-refractivity contribution is 5.68. The molecular formula is C26H30FN5O2. The molecule has 0 spiro atoms. The van der Waals surface area contributed by atoms with Crippen LogP contribution in [-0.4, -0.2) is 44.5 Å². The normalized spacial score (nSPS) is 25.9. The number of phenolic OH excluding ortho intramolecular Hbond substituents is 1. The van der Waals surface area contributed by atoms with Gasteiger partial charge in [0.15, 0.2) is 5.82 Å². The molecule has 0 amide bonds. The number of fused-ring (bicyclic) bond motifs is 2. The number of benzene rings is 1. The van der Waals surface area contributed by atoms with Crippen LogP contribution in [0.25, 0.3) is 11.3 Å². The van der Waals surface area contributed by atoms with E-state index >= 15 is 0 Å². The zero-order valence-electron chi connectivity index (χ0n) is 19.7. The van der Waals surface area contributed by atoms with Gasteiger partial charge in [-0.1, -0.05) is 0 Å². The molecule has 3 N–H and O–H groups in total. The number of rotatable bonds is 5. The predicted molar refractivity (Wildman–Crippen MR) is 130 cm³/mol. The number of nitrogens with one attached hydrogen (secondary N) is 2. The van der Waals surface area contributed by atoms with Crippen molar-refractivity contribution in [1.82, 2.24) is 20.5 Å². The van der Waals surface area contributed by atoms with Crippen molar-refractivity contribution in [3.8, 4) is 17.0 Å². The van der Waals surface area contributed by atoms with Gasteiger partial charge in [-0.2, -0.15) is 0 Å². The summed E-state index contributed by atoms with van der Waals surface area (Å²) in [6.45, 7) is 4.59. The van der Waals surface area contributed by atoms with Gasteiger partial charge in [0.05, 0.1) is 5.69 Å². The van der Waals surface area contributed by atoms with Gasteiger partial charge in [-0.3, -0.25) is 4.79 Å². The Hall–Kier alpha value is -3.26. The molecule has 5 rings (SSSR count). The van der Waals surface area contributed by atoms with Crippen molar-refractivity contribution in [3.63, 3.8) is 0 Å². The van der Waals surface area contributed by atoms with E-state index in [-0.39, 0.29) is 34.4 Å². The first kappa shape index (κ1) is 22.5. The molecule has 0 aliphatic carbocycles. The summed E-state index contributed by atoms with van der Waals surface area (Å²) in [5.41, 5.74) is 1.71. The highest BCUT2D eigenvalue weighted by atomic mass is 19.1. The number of aromatic nitrogens is 3. The standard InChI is InChI=1S/C26H30FN5O2/c1-25-7-8-26(2,31-25)15-18(14-25)32(3)23-5-4-21(29-30-23)19-13-20(27)17(12-22(19)33)10-16-6-9-28-24(34)11-16/h4-6,9,11-13,18,31,33H,7-8,10,14-15H2,1-3H3,(H,28,34)/t18-,25+,26-. The van der Waals surface area contributed by atoms with Crippen molar-refractivity contribution in [1.29, 1.82) is 0 Å². The topological polar surface area (TPSA) is 94.1 Å². The lowest BCUT2D eigenvalue weighted by molar-refractivity contribution is 0.207. The lowest BCUT2D eigenvalue weighted by Gasteiger charge is -2.45. The van der Waals surface area contributed by atoms with E-state index in [1.54, 1.807) is 12.1 Å². The maximum atomic E-state index is 14.8. The predicted octanol–water partition coefficient (Wildman–Crippen LogP) is 3.77. The average Bonchev–Trinajstić information content (AvgIpc) is 3.02. The van der Waals surface area contributed by atoms with Crippen LogP contribution < -0.4 is 15.8 Å². The van der Waals surface area contributed by atoms with E-state index in [1.807, 2.05) is 13.1 Å². The highest BCUT2D eigenvalue weighted by Crippen LogP contribution is 2.43. The van der Waals surface area contributed by atoms with Crippen LogP contribution >= 0.6 is 0 Å². The van der Waals surface area contributed by atoms with Crippen LogP contribution in [-0.2, 0) is 6.42 Å². The van der Waals surface area contributed by atoms with Crippen molar-refractivity contribution >= 4 is 5.82 Å². The minimum atomic E-state index is -0.470. The van der Waals surface area contributed by atoms with E-state index in [1.165, 1.54) is 37.2 Å². The highest BCUT2D eigenvalue weighted by Gasteiger charge is 2.49. The fourth-order valence-corrected chi connectivity index (χ4v) is 5.71. The molecule has 2 saturated heterocycles. The Bertz CT molecular complexity index is 1260. The van der Waals surface area contributed by atoms with E-state index in [4.69, 9.17) is 0 Å². The number of anilines is 1. The number of hydrogen-bond acceptors (Lipinski definition) is 6.